The number of ether oxygens (including phenoxy) is 2. The molecule has 0 radical (unpaired) electrons. The van der Waals surface area contributed by atoms with Gasteiger partial charge in [-0.1, -0.05) is 0 Å². The number of nitrogens with two attached hydrogens (primary N) is 1. The number of hydrogen-bond acceptors (Lipinski definition) is 4. The van der Waals surface area contributed by atoms with Gasteiger partial charge in [0.15, 0.2) is 17.5 Å². The number of nitrogens with one attached hydrogen (secondary N) is 1. The molecule has 6 nitrogen and oxygen atoms in total. The Morgan fingerprint density at radius 2 is 2.13 bits per heavy atom. The van der Waals surface area contributed by atoms with Gasteiger partial charge in [0.2, 0.25) is 0 Å². The number of benzene rings is 1. The van der Waals surface area contributed by atoms with E-state index in [1.807, 2.05) is 18.2 Å². The summed E-state index contributed by atoms with van der Waals surface area (Å²) in [6.45, 7) is 4.39. The summed E-state index contributed by atoms with van der Waals surface area (Å²) in [4.78, 5) is 6.78. The largest absolute Gasteiger partial charge is 0.490 e. The van der Waals surface area contributed by atoms with Gasteiger partial charge in [-0.05, 0) is 38.1 Å². The standard InChI is InChI=1S/C16H24N4O2.HI/c1-20-6-5-12(11-20)10-18-16(17)19-13-3-4-14-15(9-13)22-8-2-7-21-14;/h3-4,9,12H,2,5-8,10-11H2,1H3,(H3,17,18,19);1H. The minimum atomic E-state index is 0. The number of aliphatic imine (C=N–C) groups is 1. The Labute approximate surface area is 154 Å². The van der Waals surface area contributed by atoms with Crippen LogP contribution in [0.15, 0.2) is 23.2 Å². The van der Waals surface area contributed by atoms with Gasteiger partial charge in [-0.3, -0.25) is 4.99 Å². The lowest BCUT2D eigenvalue weighted by molar-refractivity contribution is 0.297. The van der Waals surface area contributed by atoms with Gasteiger partial charge in [0.05, 0.1) is 13.2 Å². The highest BCUT2D eigenvalue weighted by Gasteiger charge is 2.18. The third-order valence-corrected chi connectivity index (χ3v) is 4.03. The van der Waals surface area contributed by atoms with Crippen LogP contribution in [0.3, 0.4) is 0 Å². The lowest BCUT2D eigenvalue weighted by Gasteiger charge is -2.11. The van der Waals surface area contributed by atoms with Crippen LogP contribution in [0.4, 0.5) is 5.69 Å². The van der Waals surface area contributed by atoms with E-state index in [0.29, 0.717) is 25.1 Å². The fraction of sp³-hybridized carbons (Fsp3) is 0.562. The monoisotopic (exact) mass is 432 g/mol. The Morgan fingerprint density at radius 1 is 1.35 bits per heavy atom. The lowest BCUT2D eigenvalue weighted by atomic mass is 10.1. The van der Waals surface area contributed by atoms with E-state index < -0.39 is 0 Å². The molecular formula is C16H25IN4O2. The topological polar surface area (TPSA) is 72.1 Å². The summed E-state index contributed by atoms with van der Waals surface area (Å²) in [6, 6.07) is 5.74. The molecule has 1 aromatic carbocycles. The molecule has 128 valence electrons. The van der Waals surface area contributed by atoms with Crippen LogP contribution in [-0.4, -0.2) is 50.8 Å². The van der Waals surface area contributed by atoms with E-state index in [2.05, 4.69) is 22.3 Å². The molecule has 3 rings (SSSR count). The molecule has 23 heavy (non-hydrogen) atoms. The fourth-order valence-electron chi connectivity index (χ4n) is 2.83. The van der Waals surface area contributed by atoms with Crippen molar-refractivity contribution in [3.05, 3.63) is 18.2 Å². The second kappa shape index (κ2) is 8.58. The van der Waals surface area contributed by atoms with E-state index in [1.165, 1.54) is 6.42 Å². The zero-order chi connectivity index (χ0) is 15.4. The average molecular weight is 432 g/mol. The van der Waals surface area contributed by atoms with E-state index in [0.717, 1.165) is 43.2 Å². The molecule has 0 spiro atoms. The zero-order valence-electron chi connectivity index (χ0n) is 13.5. The Bertz CT molecular complexity index is 553. The second-order valence-electron chi connectivity index (χ2n) is 5.98. The predicted molar refractivity (Wildman–Crippen MR) is 103 cm³/mol. The molecule has 0 saturated carbocycles. The number of likely N-dealkylation sites (tertiary alicyclic amines) is 1. The van der Waals surface area contributed by atoms with Crippen molar-refractivity contribution in [2.45, 2.75) is 12.8 Å². The van der Waals surface area contributed by atoms with Gasteiger partial charge in [-0.2, -0.15) is 0 Å². The van der Waals surface area contributed by atoms with E-state index in [9.17, 15) is 0 Å². The van der Waals surface area contributed by atoms with Gasteiger partial charge < -0.3 is 25.4 Å². The van der Waals surface area contributed by atoms with E-state index in [1.54, 1.807) is 0 Å². The molecule has 1 atom stereocenters. The molecule has 3 N–H and O–H groups in total. The van der Waals surface area contributed by atoms with Crippen LogP contribution in [0.2, 0.25) is 0 Å². The van der Waals surface area contributed by atoms with Crippen LogP contribution in [0.1, 0.15) is 12.8 Å². The summed E-state index contributed by atoms with van der Waals surface area (Å²) in [5.41, 5.74) is 6.85. The Kier molecular flexibility index (Phi) is 6.76. The highest BCUT2D eigenvalue weighted by molar-refractivity contribution is 14.0. The van der Waals surface area contributed by atoms with Crippen molar-refractivity contribution < 1.29 is 9.47 Å². The van der Waals surface area contributed by atoms with E-state index in [-0.39, 0.29) is 24.0 Å². The van der Waals surface area contributed by atoms with Crippen LogP contribution in [0.25, 0.3) is 0 Å². The van der Waals surface area contributed by atoms with Crippen molar-refractivity contribution in [1.82, 2.24) is 4.90 Å². The van der Waals surface area contributed by atoms with Crippen LogP contribution >= 0.6 is 24.0 Å². The van der Waals surface area contributed by atoms with Crippen molar-refractivity contribution in [2.24, 2.45) is 16.6 Å². The average Bonchev–Trinajstić information content (AvgIpc) is 2.78. The first-order valence-electron chi connectivity index (χ1n) is 7.86. The van der Waals surface area contributed by atoms with Gasteiger partial charge in [0.25, 0.3) is 0 Å². The third kappa shape index (κ3) is 5.13. The molecular weight excluding hydrogens is 407 g/mol. The summed E-state index contributed by atoms with van der Waals surface area (Å²) in [5.74, 6) is 2.60. The number of hydrogen-bond donors (Lipinski definition) is 2. The molecule has 1 unspecified atom stereocenters. The van der Waals surface area contributed by atoms with Gasteiger partial charge in [0.1, 0.15) is 0 Å². The van der Waals surface area contributed by atoms with Crippen LogP contribution in [-0.2, 0) is 0 Å². The van der Waals surface area contributed by atoms with Gasteiger partial charge in [-0.25, -0.2) is 0 Å². The molecule has 7 heteroatoms. The molecule has 2 aliphatic rings. The maximum absolute atomic E-state index is 5.98. The van der Waals surface area contributed by atoms with Crippen molar-refractivity contribution in [2.75, 3.05) is 45.2 Å². The number of fused-ring (bicyclic) bond motifs is 1. The molecule has 0 amide bonds. The van der Waals surface area contributed by atoms with Crippen LogP contribution in [0, 0.1) is 5.92 Å². The highest BCUT2D eigenvalue weighted by Crippen LogP contribution is 2.32. The minimum Gasteiger partial charge on any atom is -0.490 e. The van der Waals surface area contributed by atoms with Crippen molar-refractivity contribution >= 4 is 35.6 Å². The van der Waals surface area contributed by atoms with Gasteiger partial charge >= 0.3 is 0 Å². The molecule has 0 aromatic heterocycles. The summed E-state index contributed by atoms with van der Waals surface area (Å²) in [7, 11) is 2.14. The third-order valence-electron chi connectivity index (χ3n) is 4.03. The Balaban J connectivity index is 0.00000192. The number of guanidine groups is 1. The SMILES string of the molecule is CN1CCC(CN=C(N)Nc2ccc3c(c2)OCCCO3)C1.I. The smallest absolute Gasteiger partial charge is 0.193 e. The molecule has 0 aliphatic carbocycles. The fourth-order valence-corrected chi connectivity index (χ4v) is 2.83. The molecule has 2 heterocycles. The highest BCUT2D eigenvalue weighted by atomic mass is 127. The second-order valence-corrected chi connectivity index (χ2v) is 5.98. The Morgan fingerprint density at radius 3 is 2.87 bits per heavy atom. The molecule has 1 fully saturated rings. The maximum atomic E-state index is 5.98. The van der Waals surface area contributed by atoms with Gasteiger partial charge in [0, 0.05) is 31.3 Å². The molecule has 0 bridgehead atoms. The van der Waals surface area contributed by atoms with E-state index >= 15 is 0 Å². The first-order chi connectivity index (χ1) is 10.7. The summed E-state index contributed by atoms with van der Waals surface area (Å²) >= 11 is 0. The summed E-state index contributed by atoms with van der Waals surface area (Å²) in [6.07, 6.45) is 2.09. The summed E-state index contributed by atoms with van der Waals surface area (Å²) < 4.78 is 11.3. The number of nitrogens with zero attached hydrogens (tertiary/aromatic N) is 2. The Hall–Kier alpha value is -1.22. The van der Waals surface area contributed by atoms with Gasteiger partial charge in [-0.15, -0.1) is 24.0 Å². The van der Waals surface area contributed by atoms with Crippen molar-refractivity contribution in [1.29, 1.82) is 0 Å². The normalized spacial score (nSPS) is 21.4. The quantitative estimate of drug-likeness (QED) is 0.435. The predicted octanol–water partition coefficient (Wildman–Crippen LogP) is 2.14. The van der Waals surface area contributed by atoms with Crippen molar-refractivity contribution in [3.8, 4) is 11.5 Å². The van der Waals surface area contributed by atoms with Crippen LogP contribution in [0.5, 0.6) is 11.5 Å². The zero-order valence-corrected chi connectivity index (χ0v) is 15.8. The van der Waals surface area contributed by atoms with E-state index in [4.69, 9.17) is 15.2 Å². The first kappa shape index (κ1) is 18.1. The summed E-state index contributed by atoms with van der Waals surface area (Å²) in [5, 5.41) is 3.13. The molecule has 1 saturated heterocycles. The minimum absolute atomic E-state index is 0. The first-order valence-corrected chi connectivity index (χ1v) is 7.86. The molecule has 2 aliphatic heterocycles. The molecule has 1 aromatic rings. The lowest BCUT2D eigenvalue weighted by Crippen LogP contribution is -2.24. The van der Waals surface area contributed by atoms with Crippen LogP contribution < -0.4 is 20.5 Å². The number of halogens is 1. The number of rotatable bonds is 3. The van der Waals surface area contributed by atoms with Crippen molar-refractivity contribution in [3.63, 3.8) is 0 Å². The maximum Gasteiger partial charge on any atom is 0.193 e. The number of anilines is 1.